The lowest BCUT2D eigenvalue weighted by molar-refractivity contribution is -0.144. The molecule has 4 N–H and O–H groups in total. The van der Waals surface area contributed by atoms with E-state index in [1.54, 1.807) is 12.4 Å². The maximum atomic E-state index is 12.5. The number of nitrogens with one attached hydrogen (secondary N) is 2. The number of ether oxygens (including phenoxy) is 1. The van der Waals surface area contributed by atoms with Crippen molar-refractivity contribution in [1.82, 2.24) is 29.7 Å². The highest BCUT2D eigenvalue weighted by Crippen LogP contribution is 2.34. The van der Waals surface area contributed by atoms with E-state index in [-0.39, 0.29) is 30.1 Å². The Morgan fingerprint density at radius 3 is 1.88 bits per heavy atom. The Kier molecular flexibility index (Phi) is 12.4. The predicted octanol–water partition coefficient (Wildman–Crippen LogP) is 5.51. The summed E-state index contributed by atoms with van der Waals surface area (Å²) in [5.41, 5.74) is 8.25. The van der Waals surface area contributed by atoms with Crippen LogP contribution < -0.4 is 5.73 Å². The molecule has 9 nitrogen and oxygen atoms in total. The van der Waals surface area contributed by atoms with E-state index >= 15 is 0 Å². The largest absolute Gasteiger partial charge is 0.468 e. The van der Waals surface area contributed by atoms with Crippen LogP contribution in [0.3, 0.4) is 0 Å². The number of H-pyrrole nitrogens is 2. The van der Waals surface area contributed by atoms with Crippen molar-refractivity contribution in [3.8, 4) is 0 Å². The molecule has 0 radical (unpaired) electrons. The Bertz CT molecular complexity index is 1050. The third-order valence-electron chi connectivity index (χ3n) is 8.08. The molecule has 0 amide bonds. The van der Waals surface area contributed by atoms with Crippen molar-refractivity contribution in [2.24, 2.45) is 5.73 Å². The zero-order valence-corrected chi connectivity index (χ0v) is 25.0. The molecule has 0 bridgehead atoms. The van der Waals surface area contributed by atoms with Gasteiger partial charge in [0.15, 0.2) is 0 Å². The fourth-order valence-electron chi connectivity index (χ4n) is 5.94. The monoisotopic (exact) mass is 551 g/mol. The Hall–Kier alpha value is -3.01. The molecule has 2 atom stereocenters. The van der Waals surface area contributed by atoms with Crippen LogP contribution >= 0.6 is 0 Å². The van der Waals surface area contributed by atoms with Crippen molar-refractivity contribution in [3.05, 3.63) is 71.8 Å². The van der Waals surface area contributed by atoms with E-state index in [1.165, 1.54) is 18.2 Å². The van der Waals surface area contributed by atoms with Crippen LogP contribution in [-0.2, 0) is 22.6 Å². The summed E-state index contributed by atoms with van der Waals surface area (Å²) in [7, 11) is 1.47. The summed E-state index contributed by atoms with van der Waals surface area (Å²) in [5, 5.41) is 0. The van der Waals surface area contributed by atoms with Crippen LogP contribution in [0.25, 0.3) is 0 Å². The van der Waals surface area contributed by atoms with E-state index in [1.807, 2.05) is 12.4 Å². The zero-order chi connectivity index (χ0) is 29.0. The molecule has 0 aliphatic rings. The minimum atomic E-state index is -0.199. The number of imidazole rings is 2. The number of nitrogens with two attached hydrogens (primary N) is 1. The first-order valence-electron chi connectivity index (χ1n) is 14.7. The summed E-state index contributed by atoms with van der Waals surface area (Å²) in [6.07, 6.45) is 13.4. The number of benzene rings is 1. The molecular weight excluding hydrogens is 502 g/mol. The van der Waals surface area contributed by atoms with Crippen LogP contribution in [0.5, 0.6) is 0 Å². The van der Waals surface area contributed by atoms with Gasteiger partial charge in [0.25, 0.3) is 0 Å². The standard InChI is InChI=1S/C31H49N7O2/c1-6-13-31(14-7-2,15-8-16-32)37(23-28(39)40-5)21-26-9-11-27(12-10-26)22-38(24(3)29-33-17-18-34-29)25(4)30-35-19-20-36-30/h9-12,17-20,24-25H,6-8,13-16,21-23,32H2,1-5H3,(H,33,34)(H,35,36). The highest BCUT2D eigenvalue weighted by Gasteiger charge is 2.36. The Morgan fingerprint density at radius 2 is 1.45 bits per heavy atom. The van der Waals surface area contributed by atoms with Gasteiger partial charge in [-0.3, -0.25) is 14.6 Å². The summed E-state index contributed by atoms with van der Waals surface area (Å²) in [4.78, 5) is 32.8. The summed E-state index contributed by atoms with van der Waals surface area (Å²) < 4.78 is 5.12. The number of hydrogen-bond acceptors (Lipinski definition) is 7. The van der Waals surface area contributed by atoms with Crippen molar-refractivity contribution in [2.45, 2.75) is 96.9 Å². The van der Waals surface area contributed by atoms with Crippen LogP contribution in [0.4, 0.5) is 0 Å². The highest BCUT2D eigenvalue weighted by atomic mass is 16.5. The normalized spacial score (nSPS) is 13.6. The lowest BCUT2D eigenvalue weighted by atomic mass is 9.82. The molecule has 0 fully saturated rings. The van der Waals surface area contributed by atoms with E-state index < -0.39 is 0 Å². The van der Waals surface area contributed by atoms with Gasteiger partial charge in [0.05, 0.1) is 25.7 Å². The number of nitrogens with zero attached hydrogens (tertiary/aromatic N) is 4. The predicted molar refractivity (Wildman–Crippen MR) is 159 cm³/mol. The molecule has 0 spiro atoms. The van der Waals surface area contributed by atoms with Crippen LogP contribution in [-0.4, -0.2) is 61.4 Å². The van der Waals surface area contributed by atoms with Crippen LogP contribution in [0.15, 0.2) is 49.1 Å². The fraction of sp³-hybridized carbons (Fsp3) is 0.581. The first-order valence-corrected chi connectivity index (χ1v) is 14.7. The first kappa shape index (κ1) is 31.5. The second-order valence-corrected chi connectivity index (χ2v) is 10.8. The molecule has 1 aromatic carbocycles. The van der Waals surface area contributed by atoms with Crippen molar-refractivity contribution < 1.29 is 9.53 Å². The topological polar surface area (TPSA) is 116 Å². The number of aromatic nitrogens is 4. The molecule has 40 heavy (non-hydrogen) atoms. The lowest BCUT2D eigenvalue weighted by Gasteiger charge is -2.44. The number of carbonyl (C=O) groups is 1. The van der Waals surface area contributed by atoms with Gasteiger partial charge < -0.3 is 20.4 Å². The molecule has 3 aromatic rings. The second-order valence-electron chi connectivity index (χ2n) is 10.8. The number of hydrogen-bond donors (Lipinski definition) is 3. The second kappa shape index (κ2) is 15.7. The minimum absolute atomic E-state index is 0.0663. The first-order chi connectivity index (χ1) is 19.4. The van der Waals surface area contributed by atoms with Crippen LogP contribution in [0.1, 0.15) is 101 Å². The number of rotatable bonds is 18. The number of methoxy groups -OCH3 is 1. The van der Waals surface area contributed by atoms with Gasteiger partial charge in [0.2, 0.25) is 0 Å². The van der Waals surface area contributed by atoms with Crippen molar-refractivity contribution in [2.75, 3.05) is 20.2 Å². The third-order valence-corrected chi connectivity index (χ3v) is 8.08. The van der Waals surface area contributed by atoms with E-state index in [0.29, 0.717) is 13.1 Å². The number of aromatic amines is 2. The summed E-state index contributed by atoms with van der Waals surface area (Å²) >= 11 is 0. The van der Waals surface area contributed by atoms with Crippen LogP contribution in [0.2, 0.25) is 0 Å². The van der Waals surface area contributed by atoms with Gasteiger partial charge in [-0.25, -0.2) is 9.97 Å². The van der Waals surface area contributed by atoms with Crippen molar-refractivity contribution in [3.63, 3.8) is 0 Å². The lowest BCUT2D eigenvalue weighted by Crippen LogP contribution is -2.50. The summed E-state index contributed by atoms with van der Waals surface area (Å²) in [5.74, 6) is 1.65. The average Bonchev–Trinajstić information content (AvgIpc) is 3.70. The van der Waals surface area contributed by atoms with Gasteiger partial charge in [-0.05, 0) is 57.2 Å². The minimum Gasteiger partial charge on any atom is -0.468 e. The van der Waals surface area contributed by atoms with Crippen molar-refractivity contribution in [1.29, 1.82) is 0 Å². The van der Waals surface area contributed by atoms with Crippen molar-refractivity contribution >= 4 is 5.97 Å². The molecule has 0 aliphatic heterocycles. The molecule has 2 heterocycles. The number of carbonyl (C=O) groups excluding carboxylic acids is 1. The zero-order valence-electron chi connectivity index (χ0n) is 25.0. The van der Waals surface area contributed by atoms with E-state index in [2.05, 4.69) is 81.7 Å². The van der Waals surface area contributed by atoms with Crippen LogP contribution in [0, 0.1) is 0 Å². The molecule has 0 saturated carbocycles. The van der Waals surface area contributed by atoms with Gasteiger partial charge in [-0.1, -0.05) is 51.0 Å². The quantitative estimate of drug-likeness (QED) is 0.179. The Morgan fingerprint density at radius 1 is 0.925 bits per heavy atom. The molecule has 0 saturated heterocycles. The van der Waals surface area contributed by atoms with E-state index in [4.69, 9.17) is 10.5 Å². The molecule has 9 heteroatoms. The molecule has 0 aliphatic carbocycles. The smallest absolute Gasteiger partial charge is 0.319 e. The third kappa shape index (κ3) is 8.25. The Labute approximate surface area is 239 Å². The summed E-state index contributed by atoms with van der Waals surface area (Å²) in [6.45, 7) is 11.1. The molecule has 2 unspecified atom stereocenters. The Balaban J connectivity index is 1.84. The van der Waals surface area contributed by atoms with Gasteiger partial charge in [0, 0.05) is 43.4 Å². The maximum Gasteiger partial charge on any atom is 0.319 e. The van der Waals surface area contributed by atoms with Gasteiger partial charge in [-0.15, -0.1) is 0 Å². The number of esters is 1. The maximum absolute atomic E-state index is 12.5. The fourth-order valence-corrected chi connectivity index (χ4v) is 5.94. The molecular formula is C31H49N7O2. The van der Waals surface area contributed by atoms with Gasteiger partial charge in [-0.2, -0.15) is 0 Å². The van der Waals surface area contributed by atoms with E-state index in [9.17, 15) is 4.79 Å². The average molecular weight is 552 g/mol. The molecule has 2 aromatic heterocycles. The SMILES string of the molecule is CCCC(CCC)(CCCN)N(CC(=O)OC)Cc1ccc(CN(C(C)c2ncc[nH]2)C(C)c2ncc[nH]2)cc1. The molecule has 3 rings (SSSR count). The van der Waals surface area contributed by atoms with Gasteiger partial charge >= 0.3 is 5.97 Å². The highest BCUT2D eigenvalue weighted by molar-refractivity contribution is 5.71. The van der Waals surface area contributed by atoms with Gasteiger partial charge in [0.1, 0.15) is 11.6 Å². The molecule has 220 valence electrons. The van der Waals surface area contributed by atoms with E-state index in [0.717, 1.165) is 56.7 Å². The summed E-state index contributed by atoms with van der Waals surface area (Å²) in [6, 6.07) is 8.91.